The number of hydrogen-bond acceptors (Lipinski definition) is 6. The monoisotopic (exact) mass is 378 g/mol. The predicted molar refractivity (Wildman–Crippen MR) is 106 cm³/mol. The number of rotatable bonds is 4. The summed E-state index contributed by atoms with van der Waals surface area (Å²) in [5.41, 5.74) is 1.89. The van der Waals surface area contributed by atoms with Gasteiger partial charge in [-0.25, -0.2) is 4.68 Å². The molecule has 1 fully saturated rings. The van der Waals surface area contributed by atoms with Crippen molar-refractivity contribution in [3.8, 4) is 0 Å². The van der Waals surface area contributed by atoms with Crippen molar-refractivity contribution in [2.45, 2.75) is 25.3 Å². The van der Waals surface area contributed by atoms with E-state index in [1.807, 2.05) is 0 Å². The molecule has 1 aromatic carbocycles. The minimum Gasteiger partial charge on any atom is -0.350 e. The van der Waals surface area contributed by atoms with Crippen molar-refractivity contribution < 1.29 is 4.79 Å². The van der Waals surface area contributed by atoms with E-state index in [0.717, 1.165) is 37.1 Å². The highest BCUT2D eigenvalue weighted by Crippen LogP contribution is 2.22. The van der Waals surface area contributed by atoms with Gasteiger partial charge in [0.25, 0.3) is 11.5 Å². The first-order valence-electron chi connectivity index (χ1n) is 9.42. The van der Waals surface area contributed by atoms with E-state index < -0.39 is 0 Å². The van der Waals surface area contributed by atoms with Crippen LogP contribution in [-0.2, 0) is 7.05 Å². The molecular weight excluding hydrogens is 356 g/mol. The Balaban J connectivity index is 1.47. The molecule has 1 atom stereocenters. The Labute approximate surface area is 162 Å². The summed E-state index contributed by atoms with van der Waals surface area (Å²) in [4.78, 5) is 34.9. The second-order valence-electron chi connectivity index (χ2n) is 6.97. The van der Waals surface area contributed by atoms with Crippen molar-refractivity contribution in [1.82, 2.24) is 25.1 Å². The summed E-state index contributed by atoms with van der Waals surface area (Å²) in [6, 6.07) is 8.75. The number of anilines is 1. The molecule has 3 heterocycles. The van der Waals surface area contributed by atoms with Crippen molar-refractivity contribution in [1.29, 1.82) is 0 Å². The van der Waals surface area contributed by atoms with E-state index in [2.05, 4.69) is 25.3 Å². The normalized spacial score (nSPS) is 16.9. The van der Waals surface area contributed by atoms with Crippen LogP contribution in [0.3, 0.4) is 0 Å². The van der Waals surface area contributed by atoms with Crippen LogP contribution in [0.25, 0.3) is 11.0 Å². The molecular formula is C20H22N6O2. The molecule has 0 radical (unpaired) electrons. The number of amides is 1. The maximum absolute atomic E-state index is 12.6. The van der Waals surface area contributed by atoms with E-state index in [-0.39, 0.29) is 17.5 Å². The maximum Gasteiger partial charge on any atom is 0.266 e. The number of nitrogens with zero attached hydrogens (tertiary/aromatic N) is 5. The lowest BCUT2D eigenvalue weighted by Crippen LogP contribution is -2.47. The molecule has 28 heavy (non-hydrogen) atoms. The largest absolute Gasteiger partial charge is 0.350 e. The second-order valence-corrected chi connectivity index (χ2v) is 6.97. The number of nitrogens with one attached hydrogen (secondary N) is 1. The van der Waals surface area contributed by atoms with Gasteiger partial charge in [-0.1, -0.05) is 0 Å². The first kappa shape index (κ1) is 18.1. The predicted octanol–water partition coefficient (Wildman–Crippen LogP) is 1.51. The minimum atomic E-state index is -0.134. The van der Waals surface area contributed by atoms with Crippen LogP contribution in [0.5, 0.6) is 0 Å². The molecule has 0 spiro atoms. The van der Waals surface area contributed by atoms with Gasteiger partial charge in [-0.05, 0) is 43.5 Å². The molecule has 0 bridgehead atoms. The van der Waals surface area contributed by atoms with Gasteiger partial charge in [-0.2, -0.15) is 5.10 Å². The van der Waals surface area contributed by atoms with Gasteiger partial charge in [0, 0.05) is 50.2 Å². The van der Waals surface area contributed by atoms with E-state index in [1.165, 1.54) is 10.7 Å². The average Bonchev–Trinajstić information content (AvgIpc) is 2.74. The number of carbonyl (C=O) groups is 1. The Hall–Kier alpha value is -3.29. The van der Waals surface area contributed by atoms with Crippen molar-refractivity contribution in [2.24, 2.45) is 7.05 Å². The Morgan fingerprint density at radius 1 is 1.14 bits per heavy atom. The molecule has 2 aromatic heterocycles. The number of carbonyl (C=O) groups excluding carboxylic acids is 1. The van der Waals surface area contributed by atoms with Gasteiger partial charge in [-0.3, -0.25) is 19.6 Å². The average molecular weight is 378 g/mol. The number of hydrogen-bond donors (Lipinski definition) is 1. The topological polar surface area (TPSA) is 93.0 Å². The van der Waals surface area contributed by atoms with Crippen molar-refractivity contribution in [3.63, 3.8) is 0 Å². The third-order valence-corrected chi connectivity index (χ3v) is 5.10. The van der Waals surface area contributed by atoms with E-state index in [9.17, 15) is 9.59 Å². The van der Waals surface area contributed by atoms with Gasteiger partial charge in [0.2, 0.25) is 0 Å². The zero-order valence-corrected chi connectivity index (χ0v) is 15.7. The summed E-state index contributed by atoms with van der Waals surface area (Å²) in [7, 11) is 1.65. The van der Waals surface area contributed by atoms with Crippen LogP contribution in [0.2, 0.25) is 0 Å². The van der Waals surface area contributed by atoms with E-state index >= 15 is 0 Å². The molecule has 8 nitrogen and oxygen atoms in total. The van der Waals surface area contributed by atoms with Crippen LogP contribution < -0.4 is 15.8 Å². The number of aromatic nitrogens is 4. The van der Waals surface area contributed by atoms with Gasteiger partial charge in [0.15, 0.2) is 0 Å². The molecule has 1 amide bonds. The third kappa shape index (κ3) is 3.71. The summed E-state index contributed by atoms with van der Waals surface area (Å²) in [5, 5.41) is 7.40. The summed E-state index contributed by atoms with van der Waals surface area (Å²) in [6.45, 7) is 1.37. The Morgan fingerprint density at radius 3 is 2.79 bits per heavy atom. The lowest BCUT2D eigenvalue weighted by atomic mass is 10.0. The molecule has 1 unspecified atom stereocenters. The molecule has 144 valence electrons. The number of benzene rings is 1. The minimum absolute atomic E-state index is 0.133. The lowest BCUT2D eigenvalue weighted by molar-refractivity contribution is 0.0949. The first-order valence-corrected chi connectivity index (χ1v) is 9.42. The highest BCUT2D eigenvalue weighted by atomic mass is 16.1. The Kier molecular flexibility index (Phi) is 5.01. The number of aryl methyl sites for hydroxylation is 1. The standard InChI is InChI=1S/C20H22N6O2/c1-25-19(27)8-7-18(24-25)26-11-3-2-4-15(26)13-23-20(28)14-5-6-16-17(12-14)22-10-9-21-16/h5-10,12,15H,2-4,11,13H2,1H3,(H,23,28). The summed E-state index contributed by atoms with van der Waals surface area (Å²) < 4.78 is 1.34. The Morgan fingerprint density at radius 2 is 1.96 bits per heavy atom. The zero-order valence-electron chi connectivity index (χ0n) is 15.7. The fourth-order valence-corrected chi connectivity index (χ4v) is 3.57. The van der Waals surface area contributed by atoms with Gasteiger partial charge in [0.1, 0.15) is 5.82 Å². The van der Waals surface area contributed by atoms with E-state index in [0.29, 0.717) is 17.6 Å². The third-order valence-electron chi connectivity index (χ3n) is 5.10. The van der Waals surface area contributed by atoms with E-state index in [4.69, 9.17) is 0 Å². The van der Waals surface area contributed by atoms with Crippen molar-refractivity contribution in [2.75, 3.05) is 18.0 Å². The van der Waals surface area contributed by atoms with Crippen molar-refractivity contribution in [3.05, 3.63) is 58.6 Å². The lowest BCUT2D eigenvalue weighted by Gasteiger charge is -2.36. The van der Waals surface area contributed by atoms with Crippen LogP contribution in [0.4, 0.5) is 5.82 Å². The quantitative estimate of drug-likeness (QED) is 0.740. The first-order chi connectivity index (χ1) is 13.6. The van der Waals surface area contributed by atoms with Crippen LogP contribution in [-0.4, -0.2) is 44.8 Å². The smallest absolute Gasteiger partial charge is 0.266 e. The highest BCUT2D eigenvalue weighted by Gasteiger charge is 2.24. The van der Waals surface area contributed by atoms with Crippen molar-refractivity contribution >= 4 is 22.8 Å². The second kappa shape index (κ2) is 7.75. The fourth-order valence-electron chi connectivity index (χ4n) is 3.57. The SMILES string of the molecule is Cn1nc(N2CCCCC2CNC(=O)c2ccc3nccnc3c2)ccc1=O. The molecule has 1 N–H and O–H groups in total. The van der Waals surface area contributed by atoms with Gasteiger partial charge in [0.05, 0.1) is 11.0 Å². The summed E-state index contributed by atoms with van der Waals surface area (Å²) in [5.74, 6) is 0.633. The molecule has 1 aliphatic heterocycles. The summed E-state index contributed by atoms with van der Waals surface area (Å²) in [6.07, 6.45) is 6.39. The molecule has 3 aromatic rings. The number of piperidine rings is 1. The van der Waals surface area contributed by atoms with Gasteiger partial charge in [-0.15, -0.1) is 0 Å². The fraction of sp³-hybridized carbons (Fsp3) is 0.350. The van der Waals surface area contributed by atoms with Crippen LogP contribution in [0.1, 0.15) is 29.6 Å². The van der Waals surface area contributed by atoms with Gasteiger partial charge < -0.3 is 10.2 Å². The van der Waals surface area contributed by atoms with Gasteiger partial charge >= 0.3 is 0 Å². The van der Waals surface area contributed by atoms with Crippen LogP contribution in [0.15, 0.2) is 47.5 Å². The maximum atomic E-state index is 12.6. The molecule has 0 aliphatic carbocycles. The molecule has 1 saturated heterocycles. The molecule has 0 saturated carbocycles. The zero-order chi connectivity index (χ0) is 19.5. The van der Waals surface area contributed by atoms with Crippen LogP contribution >= 0.6 is 0 Å². The van der Waals surface area contributed by atoms with E-state index in [1.54, 1.807) is 43.7 Å². The number of fused-ring (bicyclic) bond motifs is 1. The van der Waals surface area contributed by atoms with Crippen LogP contribution in [0, 0.1) is 0 Å². The summed E-state index contributed by atoms with van der Waals surface area (Å²) >= 11 is 0. The molecule has 1 aliphatic rings. The molecule has 8 heteroatoms. The molecule has 4 rings (SSSR count). The highest BCUT2D eigenvalue weighted by molar-refractivity contribution is 5.97. The Bertz CT molecular complexity index is 1060.